The number of carbonyl (C=O) groups is 1. The van der Waals surface area contributed by atoms with Crippen molar-refractivity contribution in [2.75, 3.05) is 18.0 Å². The highest BCUT2D eigenvalue weighted by atomic mass is 16.1. The number of hydrogen-bond acceptors (Lipinski definition) is 4. The molecule has 1 fully saturated rings. The summed E-state index contributed by atoms with van der Waals surface area (Å²) in [6.07, 6.45) is 1.95. The van der Waals surface area contributed by atoms with Crippen molar-refractivity contribution in [3.05, 3.63) is 17.6 Å². The molecular weight excluding hydrogens is 228 g/mol. The number of hydrogen-bond donors (Lipinski definition) is 1. The van der Waals surface area contributed by atoms with Crippen LogP contribution in [0.2, 0.25) is 0 Å². The zero-order valence-electron chi connectivity index (χ0n) is 11.2. The minimum absolute atomic E-state index is 0.0576. The molecule has 98 valence electrons. The van der Waals surface area contributed by atoms with Crippen molar-refractivity contribution in [3.63, 3.8) is 0 Å². The molecule has 2 rings (SSSR count). The number of rotatable bonds is 2. The van der Waals surface area contributed by atoms with E-state index < -0.39 is 0 Å². The third-order valence-corrected chi connectivity index (χ3v) is 3.18. The summed E-state index contributed by atoms with van der Waals surface area (Å²) in [6.45, 7) is 7.34. The van der Waals surface area contributed by atoms with Crippen LogP contribution in [0, 0.1) is 13.8 Å². The van der Waals surface area contributed by atoms with E-state index in [0.717, 1.165) is 43.3 Å². The third-order valence-electron chi connectivity index (χ3n) is 3.18. The van der Waals surface area contributed by atoms with Crippen molar-refractivity contribution in [1.82, 2.24) is 15.3 Å². The molecule has 0 saturated carbocycles. The van der Waals surface area contributed by atoms with E-state index in [4.69, 9.17) is 0 Å². The van der Waals surface area contributed by atoms with Crippen molar-refractivity contribution < 1.29 is 4.79 Å². The van der Waals surface area contributed by atoms with E-state index in [1.165, 1.54) is 0 Å². The maximum atomic E-state index is 11.0. The second kappa shape index (κ2) is 5.33. The molecule has 1 aliphatic rings. The summed E-state index contributed by atoms with van der Waals surface area (Å²) in [5.74, 6) is 1.87. The van der Waals surface area contributed by atoms with Gasteiger partial charge in [0, 0.05) is 37.8 Å². The van der Waals surface area contributed by atoms with E-state index in [1.807, 2.05) is 19.9 Å². The zero-order valence-corrected chi connectivity index (χ0v) is 11.2. The molecule has 0 atom stereocenters. The Kier molecular flexibility index (Phi) is 3.79. The first-order valence-corrected chi connectivity index (χ1v) is 6.39. The lowest BCUT2D eigenvalue weighted by Gasteiger charge is -2.33. The number of carbonyl (C=O) groups excluding carboxylic acids is 1. The van der Waals surface area contributed by atoms with E-state index in [2.05, 4.69) is 20.2 Å². The quantitative estimate of drug-likeness (QED) is 0.854. The minimum atomic E-state index is 0.0576. The van der Waals surface area contributed by atoms with Crippen LogP contribution < -0.4 is 10.2 Å². The Balaban J connectivity index is 1.98. The standard InChI is InChI=1S/C13H20N4O/c1-9-8-13(15-10(2)14-9)17-6-4-12(5-7-17)16-11(3)18/h8,12H,4-7H2,1-3H3,(H,16,18). The SMILES string of the molecule is CC(=O)NC1CCN(c2cc(C)nc(C)n2)CC1. The van der Waals surface area contributed by atoms with E-state index in [-0.39, 0.29) is 5.91 Å². The Morgan fingerprint density at radius 1 is 1.33 bits per heavy atom. The molecule has 1 aromatic heterocycles. The first-order chi connectivity index (χ1) is 8.54. The van der Waals surface area contributed by atoms with Gasteiger partial charge < -0.3 is 10.2 Å². The van der Waals surface area contributed by atoms with Gasteiger partial charge in [0.25, 0.3) is 0 Å². The molecule has 5 nitrogen and oxygen atoms in total. The fourth-order valence-electron chi connectivity index (χ4n) is 2.40. The summed E-state index contributed by atoms with van der Waals surface area (Å²) >= 11 is 0. The molecule has 1 saturated heterocycles. The summed E-state index contributed by atoms with van der Waals surface area (Å²) in [7, 11) is 0. The van der Waals surface area contributed by atoms with Gasteiger partial charge in [-0.3, -0.25) is 4.79 Å². The van der Waals surface area contributed by atoms with Crippen molar-refractivity contribution in [1.29, 1.82) is 0 Å². The summed E-state index contributed by atoms with van der Waals surface area (Å²) in [5, 5.41) is 2.98. The summed E-state index contributed by atoms with van der Waals surface area (Å²) in [6, 6.07) is 2.33. The third kappa shape index (κ3) is 3.18. The van der Waals surface area contributed by atoms with Crippen LogP contribution in [-0.2, 0) is 4.79 Å². The largest absolute Gasteiger partial charge is 0.356 e. The molecule has 0 unspecified atom stereocenters. The number of anilines is 1. The van der Waals surface area contributed by atoms with E-state index in [9.17, 15) is 4.79 Å². The smallest absolute Gasteiger partial charge is 0.217 e. The molecule has 5 heteroatoms. The van der Waals surface area contributed by atoms with E-state index >= 15 is 0 Å². The molecule has 0 radical (unpaired) electrons. The van der Waals surface area contributed by atoms with Gasteiger partial charge in [-0.1, -0.05) is 0 Å². The predicted octanol–water partition coefficient (Wildman–Crippen LogP) is 1.20. The fraction of sp³-hybridized carbons (Fsp3) is 0.615. The number of nitrogens with one attached hydrogen (secondary N) is 1. The molecule has 0 aliphatic carbocycles. The number of nitrogens with zero attached hydrogens (tertiary/aromatic N) is 3. The Morgan fingerprint density at radius 3 is 2.56 bits per heavy atom. The van der Waals surface area contributed by atoms with Crippen molar-refractivity contribution in [2.24, 2.45) is 0 Å². The maximum absolute atomic E-state index is 11.0. The Hall–Kier alpha value is -1.65. The van der Waals surface area contributed by atoms with Crippen molar-refractivity contribution in [2.45, 2.75) is 39.7 Å². The number of piperidine rings is 1. The molecule has 18 heavy (non-hydrogen) atoms. The average molecular weight is 248 g/mol. The number of aromatic nitrogens is 2. The fourth-order valence-corrected chi connectivity index (χ4v) is 2.40. The second-order valence-corrected chi connectivity index (χ2v) is 4.88. The Morgan fingerprint density at radius 2 is 2.00 bits per heavy atom. The van der Waals surface area contributed by atoms with Crippen molar-refractivity contribution >= 4 is 11.7 Å². The van der Waals surface area contributed by atoms with E-state index in [1.54, 1.807) is 6.92 Å². The van der Waals surface area contributed by atoms with Crippen LogP contribution in [0.5, 0.6) is 0 Å². The molecular formula is C13H20N4O. The van der Waals surface area contributed by atoms with Crippen molar-refractivity contribution in [3.8, 4) is 0 Å². The monoisotopic (exact) mass is 248 g/mol. The molecule has 1 amide bonds. The van der Waals surface area contributed by atoms with Gasteiger partial charge >= 0.3 is 0 Å². The van der Waals surface area contributed by atoms with Crippen LogP contribution in [0.1, 0.15) is 31.3 Å². The molecule has 0 bridgehead atoms. The van der Waals surface area contributed by atoms with Crippen LogP contribution >= 0.6 is 0 Å². The van der Waals surface area contributed by atoms with Crippen LogP contribution in [-0.4, -0.2) is 35.0 Å². The average Bonchev–Trinajstić information content (AvgIpc) is 2.27. The van der Waals surface area contributed by atoms with Gasteiger partial charge in [-0.25, -0.2) is 9.97 Å². The highest BCUT2D eigenvalue weighted by molar-refractivity contribution is 5.73. The molecule has 1 aromatic rings. The van der Waals surface area contributed by atoms with Gasteiger partial charge in [0.2, 0.25) is 5.91 Å². The van der Waals surface area contributed by atoms with Gasteiger partial charge in [0.05, 0.1) is 0 Å². The number of aryl methyl sites for hydroxylation is 2. The van der Waals surface area contributed by atoms with Crippen LogP contribution in [0.3, 0.4) is 0 Å². The maximum Gasteiger partial charge on any atom is 0.217 e. The lowest BCUT2D eigenvalue weighted by atomic mass is 10.1. The van der Waals surface area contributed by atoms with Gasteiger partial charge in [-0.2, -0.15) is 0 Å². The topological polar surface area (TPSA) is 58.1 Å². The summed E-state index contributed by atoms with van der Waals surface area (Å²) in [4.78, 5) is 22.0. The van der Waals surface area contributed by atoms with Gasteiger partial charge in [-0.15, -0.1) is 0 Å². The normalized spacial score (nSPS) is 16.7. The Labute approximate surface area is 108 Å². The lowest BCUT2D eigenvalue weighted by Crippen LogP contribution is -2.44. The van der Waals surface area contributed by atoms with Crippen LogP contribution in [0.15, 0.2) is 6.07 Å². The highest BCUT2D eigenvalue weighted by Gasteiger charge is 2.20. The van der Waals surface area contributed by atoms with Gasteiger partial charge in [0.1, 0.15) is 11.6 Å². The Bertz CT molecular complexity index is 418. The minimum Gasteiger partial charge on any atom is -0.356 e. The molecule has 2 heterocycles. The first kappa shape index (κ1) is 12.8. The molecule has 1 N–H and O–H groups in total. The van der Waals surface area contributed by atoms with Crippen LogP contribution in [0.4, 0.5) is 5.82 Å². The van der Waals surface area contributed by atoms with E-state index in [0.29, 0.717) is 6.04 Å². The summed E-state index contributed by atoms with van der Waals surface area (Å²) in [5.41, 5.74) is 1.00. The highest BCUT2D eigenvalue weighted by Crippen LogP contribution is 2.18. The molecule has 0 aromatic carbocycles. The molecule has 1 aliphatic heterocycles. The lowest BCUT2D eigenvalue weighted by molar-refractivity contribution is -0.119. The first-order valence-electron chi connectivity index (χ1n) is 6.39. The van der Waals surface area contributed by atoms with Gasteiger partial charge in [-0.05, 0) is 26.7 Å². The molecule has 0 spiro atoms. The summed E-state index contributed by atoms with van der Waals surface area (Å²) < 4.78 is 0. The second-order valence-electron chi connectivity index (χ2n) is 4.88. The number of amides is 1. The van der Waals surface area contributed by atoms with Crippen LogP contribution in [0.25, 0.3) is 0 Å². The predicted molar refractivity (Wildman–Crippen MR) is 70.6 cm³/mol. The van der Waals surface area contributed by atoms with Gasteiger partial charge in [0.15, 0.2) is 0 Å². The zero-order chi connectivity index (χ0) is 13.1.